The number of alkyl halides is 3. The monoisotopic (exact) mass is 436 g/mol. The van der Waals surface area contributed by atoms with Gasteiger partial charge in [-0.15, -0.1) is 0 Å². The molecule has 0 spiro atoms. The largest absolute Gasteiger partial charge is 0.348 e. The van der Waals surface area contributed by atoms with Gasteiger partial charge in [-0.1, -0.05) is 11.6 Å². The molecule has 2 atom stereocenters. The fourth-order valence-corrected chi connectivity index (χ4v) is 4.03. The summed E-state index contributed by atoms with van der Waals surface area (Å²) in [6.07, 6.45) is -1.38. The lowest BCUT2D eigenvalue weighted by atomic mass is 10.1. The SMILES string of the molecule is O=C(c1[nH]c2ccc(F)c(Cl)c2c1F)N1C[C@@H](F)[C@@H](NCCN2CC(F)(F)C2)C1. The average Bonchev–Trinajstić information content (AvgIpc) is 3.17. The molecule has 1 aromatic carbocycles. The van der Waals surface area contributed by atoms with E-state index < -0.39 is 46.4 Å². The first kappa shape index (κ1) is 20.4. The molecule has 0 bridgehead atoms. The summed E-state index contributed by atoms with van der Waals surface area (Å²) in [7, 11) is 0. The smallest absolute Gasteiger partial charge is 0.273 e. The lowest BCUT2D eigenvalue weighted by molar-refractivity contribution is -0.129. The van der Waals surface area contributed by atoms with Gasteiger partial charge in [-0.3, -0.25) is 9.69 Å². The van der Waals surface area contributed by atoms with Gasteiger partial charge in [-0.25, -0.2) is 22.0 Å². The number of benzene rings is 1. The van der Waals surface area contributed by atoms with E-state index >= 15 is 0 Å². The number of hydrogen-bond acceptors (Lipinski definition) is 3. The van der Waals surface area contributed by atoms with Gasteiger partial charge >= 0.3 is 0 Å². The predicted molar refractivity (Wildman–Crippen MR) is 97.2 cm³/mol. The number of carbonyl (C=O) groups is 1. The lowest BCUT2D eigenvalue weighted by Crippen LogP contribution is -2.58. The quantitative estimate of drug-likeness (QED) is 0.709. The summed E-state index contributed by atoms with van der Waals surface area (Å²) in [6.45, 7) is -0.244. The molecule has 2 aromatic rings. The summed E-state index contributed by atoms with van der Waals surface area (Å²) in [5, 5.41) is 2.26. The van der Waals surface area contributed by atoms with Gasteiger partial charge in [0.15, 0.2) is 5.82 Å². The number of amides is 1. The number of nitrogens with zero attached hydrogens (tertiary/aromatic N) is 2. The van der Waals surface area contributed by atoms with Crippen LogP contribution in [-0.4, -0.2) is 78.1 Å². The minimum absolute atomic E-state index is 0.00689. The van der Waals surface area contributed by atoms with E-state index in [1.54, 1.807) is 4.90 Å². The number of aromatic amines is 1. The van der Waals surface area contributed by atoms with E-state index in [0.717, 1.165) is 11.0 Å². The van der Waals surface area contributed by atoms with Crippen LogP contribution in [0.25, 0.3) is 10.9 Å². The first-order chi connectivity index (χ1) is 13.7. The molecular formula is C18H18ClF5N4O. The maximum Gasteiger partial charge on any atom is 0.273 e. The van der Waals surface area contributed by atoms with Crippen LogP contribution in [0.5, 0.6) is 0 Å². The minimum atomic E-state index is -2.66. The molecule has 1 aromatic heterocycles. The zero-order chi connectivity index (χ0) is 20.9. The highest BCUT2D eigenvalue weighted by Crippen LogP contribution is 2.31. The third-order valence-electron chi connectivity index (χ3n) is 5.29. The van der Waals surface area contributed by atoms with Gasteiger partial charge in [0.05, 0.1) is 41.6 Å². The van der Waals surface area contributed by atoms with Crippen LogP contribution >= 0.6 is 11.6 Å². The van der Waals surface area contributed by atoms with Crippen molar-refractivity contribution < 1.29 is 26.7 Å². The number of carbonyl (C=O) groups excluding carboxylic acids is 1. The summed E-state index contributed by atoms with van der Waals surface area (Å²) in [5.74, 6) is -5.22. The molecule has 2 aliphatic heterocycles. The maximum atomic E-state index is 14.7. The molecule has 158 valence electrons. The normalized spacial score (nSPS) is 24.3. The highest BCUT2D eigenvalue weighted by atomic mass is 35.5. The Hall–Kier alpha value is -1.91. The Morgan fingerprint density at radius 2 is 2.00 bits per heavy atom. The van der Waals surface area contributed by atoms with E-state index in [9.17, 15) is 26.7 Å². The molecular weight excluding hydrogens is 419 g/mol. The number of halogens is 6. The second-order valence-electron chi connectivity index (χ2n) is 7.45. The summed E-state index contributed by atoms with van der Waals surface area (Å²) in [6, 6.07) is 1.63. The van der Waals surface area contributed by atoms with Gasteiger partial charge in [0.25, 0.3) is 11.8 Å². The molecule has 0 unspecified atom stereocenters. The maximum absolute atomic E-state index is 14.7. The average molecular weight is 437 g/mol. The van der Waals surface area contributed by atoms with E-state index in [4.69, 9.17) is 11.6 Å². The molecule has 5 nitrogen and oxygen atoms in total. The fourth-order valence-electron chi connectivity index (χ4n) is 3.79. The van der Waals surface area contributed by atoms with Gasteiger partial charge < -0.3 is 15.2 Å². The van der Waals surface area contributed by atoms with E-state index in [2.05, 4.69) is 10.3 Å². The summed E-state index contributed by atoms with van der Waals surface area (Å²) in [4.78, 5) is 17.9. The lowest BCUT2D eigenvalue weighted by Gasteiger charge is -2.38. The van der Waals surface area contributed by atoms with Crippen LogP contribution in [0.15, 0.2) is 12.1 Å². The van der Waals surface area contributed by atoms with Crippen molar-refractivity contribution in [3.05, 3.63) is 34.5 Å². The molecule has 4 rings (SSSR count). The number of likely N-dealkylation sites (tertiary alicyclic amines) is 2. The van der Waals surface area contributed by atoms with Crippen LogP contribution < -0.4 is 5.32 Å². The van der Waals surface area contributed by atoms with Crippen molar-refractivity contribution in [3.63, 3.8) is 0 Å². The predicted octanol–water partition coefficient (Wildman–Crippen LogP) is 2.80. The second kappa shape index (κ2) is 7.41. The van der Waals surface area contributed by atoms with Crippen LogP contribution in [0.1, 0.15) is 10.5 Å². The summed E-state index contributed by atoms with van der Waals surface area (Å²) < 4.78 is 68.2. The number of H-pyrrole nitrogens is 1. The number of aromatic nitrogens is 1. The third-order valence-corrected chi connectivity index (χ3v) is 5.66. The Balaban J connectivity index is 1.39. The summed E-state index contributed by atoms with van der Waals surface area (Å²) in [5.41, 5.74) is -0.252. The molecule has 11 heteroatoms. The number of rotatable bonds is 5. The Morgan fingerprint density at radius 1 is 1.28 bits per heavy atom. The molecule has 2 saturated heterocycles. The fraction of sp³-hybridized carbons (Fsp3) is 0.500. The van der Waals surface area contributed by atoms with Crippen LogP contribution in [0.3, 0.4) is 0 Å². The number of hydrogen-bond donors (Lipinski definition) is 2. The molecule has 2 aliphatic rings. The zero-order valence-electron chi connectivity index (χ0n) is 15.1. The van der Waals surface area contributed by atoms with Crippen LogP contribution in [-0.2, 0) is 0 Å². The zero-order valence-corrected chi connectivity index (χ0v) is 15.9. The molecule has 0 saturated carbocycles. The Kier molecular flexibility index (Phi) is 5.20. The summed E-state index contributed by atoms with van der Waals surface area (Å²) >= 11 is 5.79. The first-order valence-electron chi connectivity index (χ1n) is 9.08. The van der Waals surface area contributed by atoms with Gasteiger partial charge in [-0.05, 0) is 12.1 Å². The minimum Gasteiger partial charge on any atom is -0.348 e. The van der Waals surface area contributed by atoms with E-state index in [1.165, 1.54) is 6.07 Å². The van der Waals surface area contributed by atoms with Crippen molar-refractivity contribution in [2.75, 3.05) is 39.3 Å². The van der Waals surface area contributed by atoms with Gasteiger partial charge in [-0.2, -0.15) is 0 Å². The molecule has 2 N–H and O–H groups in total. The van der Waals surface area contributed by atoms with Crippen molar-refractivity contribution in [3.8, 4) is 0 Å². The van der Waals surface area contributed by atoms with E-state index in [-0.39, 0.29) is 37.1 Å². The van der Waals surface area contributed by atoms with Crippen molar-refractivity contribution in [2.45, 2.75) is 18.1 Å². The molecule has 0 aliphatic carbocycles. The van der Waals surface area contributed by atoms with Gasteiger partial charge in [0, 0.05) is 19.6 Å². The molecule has 29 heavy (non-hydrogen) atoms. The van der Waals surface area contributed by atoms with Gasteiger partial charge in [0.1, 0.15) is 17.7 Å². The second-order valence-corrected chi connectivity index (χ2v) is 7.83. The van der Waals surface area contributed by atoms with Crippen LogP contribution in [0.4, 0.5) is 22.0 Å². The van der Waals surface area contributed by atoms with Crippen molar-refractivity contribution in [2.24, 2.45) is 0 Å². The molecule has 2 fully saturated rings. The van der Waals surface area contributed by atoms with E-state index in [0.29, 0.717) is 13.1 Å². The van der Waals surface area contributed by atoms with Crippen molar-refractivity contribution in [1.29, 1.82) is 0 Å². The van der Waals surface area contributed by atoms with Gasteiger partial charge in [0.2, 0.25) is 0 Å². The van der Waals surface area contributed by atoms with E-state index in [1.807, 2.05) is 0 Å². The first-order valence-corrected chi connectivity index (χ1v) is 9.46. The van der Waals surface area contributed by atoms with Crippen LogP contribution in [0, 0.1) is 11.6 Å². The Labute approximate surface area is 167 Å². The Morgan fingerprint density at radius 3 is 2.69 bits per heavy atom. The third kappa shape index (κ3) is 3.80. The van der Waals surface area contributed by atoms with Crippen molar-refractivity contribution >= 4 is 28.4 Å². The topological polar surface area (TPSA) is 51.4 Å². The molecule has 3 heterocycles. The standard InChI is InChI=1S/C18H18ClF5N4O/c19-14-9(20)1-2-11-13(14)15(22)16(26-11)17(29)28-5-10(21)12(6-28)25-3-4-27-7-18(23,24)8-27/h1-2,10,12,25-26H,3-8H2/t10-,12+/m1/s1. The molecule has 0 radical (unpaired) electrons. The number of nitrogens with one attached hydrogen (secondary N) is 2. The highest BCUT2D eigenvalue weighted by molar-refractivity contribution is 6.35. The number of fused-ring (bicyclic) bond motifs is 1. The van der Waals surface area contributed by atoms with Crippen LogP contribution in [0.2, 0.25) is 5.02 Å². The Bertz CT molecular complexity index is 944. The molecule has 1 amide bonds. The van der Waals surface area contributed by atoms with Crippen molar-refractivity contribution in [1.82, 2.24) is 20.1 Å². The highest BCUT2D eigenvalue weighted by Gasteiger charge is 2.43.